The van der Waals surface area contributed by atoms with Gasteiger partial charge in [-0.1, -0.05) is 12.1 Å². The highest BCUT2D eigenvalue weighted by molar-refractivity contribution is 5.91. The zero-order chi connectivity index (χ0) is 13.5. The molecule has 0 unspecified atom stereocenters. The largest absolute Gasteiger partial charge is 0.359 e. The van der Waals surface area contributed by atoms with E-state index in [-0.39, 0.29) is 18.1 Å². The maximum atomic E-state index is 11.3. The molecule has 2 amide bonds. The lowest BCUT2D eigenvalue weighted by Gasteiger charge is -2.17. The lowest BCUT2D eigenvalue weighted by molar-refractivity contribution is -0.121. The smallest absolute Gasteiger partial charge is 0.287 e. The van der Waals surface area contributed by atoms with Gasteiger partial charge in [-0.3, -0.25) is 19.9 Å². The van der Waals surface area contributed by atoms with Crippen molar-refractivity contribution >= 4 is 11.8 Å². The second-order valence-corrected chi connectivity index (χ2v) is 3.63. The second-order valence-electron chi connectivity index (χ2n) is 3.63. The first-order valence-electron chi connectivity index (χ1n) is 5.50. The minimum absolute atomic E-state index is 0.0868. The highest BCUT2D eigenvalue weighted by Crippen LogP contribution is 2.07. The van der Waals surface area contributed by atoms with Gasteiger partial charge in [0.15, 0.2) is 11.5 Å². The Morgan fingerprint density at radius 2 is 2.28 bits per heavy atom. The number of rotatable bonds is 6. The van der Waals surface area contributed by atoms with E-state index in [9.17, 15) is 9.59 Å². The molecule has 100 valence electrons. The van der Waals surface area contributed by atoms with Gasteiger partial charge < -0.3 is 9.84 Å². The summed E-state index contributed by atoms with van der Waals surface area (Å²) in [5.41, 5.74) is 2.08. The first kappa shape index (κ1) is 14.1. The lowest BCUT2D eigenvalue weighted by Crippen LogP contribution is -2.35. The van der Waals surface area contributed by atoms with Crippen molar-refractivity contribution < 1.29 is 14.1 Å². The van der Waals surface area contributed by atoms with Crippen LogP contribution >= 0.6 is 0 Å². The quantitative estimate of drug-likeness (QED) is 0.336. The van der Waals surface area contributed by atoms with Crippen LogP contribution in [0.25, 0.3) is 0 Å². The first-order valence-corrected chi connectivity index (χ1v) is 5.50. The molecule has 8 heteroatoms. The van der Waals surface area contributed by atoms with E-state index in [2.05, 4.69) is 10.5 Å². The van der Waals surface area contributed by atoms with Gasteiger partial charge in [0.1, 0.15) is 0 Å². The summed E-state index contributed by atoms with van der Waals surface area (Å²) < 4.78 is 5.00. The van der Waals surface area contributed by atoms with Crippen molar-refractivity contribution in [2.24, 2.45) is 5.84 Å². The SMILES string of the molecule is CCN(CC(=O)NC)Cc1cc(C(=O)NN)no1. The van der Waals surface area contributed by atoms with E-state index in [1.807, 2.05) is 17.2 Å². The number of carbonyl (C=O) groups excluding carboxylic acids is 2. The molecule has 8 nitrogen and oxygen atoms in total. The normalized spacial score (nSPS) is 10.4. The third kappa shape index (κ3) is 3.82. The summed E-state index contributed by atoms with van der Waals surface area (Å²) in [5.74, 6) is 4.88. The van der Waals surface area contributed by atoms with E-state index in [0.717, 1.165) is 0 Å². The van der Waals surface area contributed by atoms with Gasteiger partial charge in [-0.25, -0.2) is 5.84 Å². The van der Waals surface area contributed by atoms with E-state index < -0.39 is 5.91 Å². The molecule has 0 atom stereocenters. The number of amides is 2. The molecular formula is C10H17N5O3. The van der Waals surface area contributed by atoms with Crippen LogP contribution < -0.4 is 16.6 Å². The summed E-state index contributed by atoms with van der Waals surface area (Å²) in [7, 11) is 1.58. The van der Waals surface area contributed by atoms with E-state index in [0.29, 0.717) is 18.8 Å². The predicted octanol–water partition coefficient (Wildman–Crippen LogP) is -1.15. The van der Waals surface area contributed by atoms with Crippen molar-refractivity contribution in [2.75, 3.05) is 20.1 Å². The zero-order valence-electron chi connectivity index (χ0n) is 10.4. The minimum Gasteiger partial charge on any atom is -0.359 e. The van der Waals surface area contributed by atoms with Crippen LogP contribution in [0, 0.1) is 0 Å². The highest BCUT2D eigenvalue weighted by atomic mass is 16.5. The van der Waals surface area contributed by atoms with E-state index in [1.165, 1.54) is 6.07 Å². The number of hydrogen-bond donors (Lipinski definition) is 3. The lowest BCUT2D eigenvalue weighted by atomic mass is 10.3. The molecule has 0 radical (unpaired) electrons. The Kier molecular flexibility index (Phi) is 5.28. The van der Waals surface area contributed by atoms with Gasteiger partial charge in [-0.2, -0.15) is 0 Å². The molecule has 0 saturated carbocycles. The van der Waals surface area contributed by atoms with Crippen LogP contribution in [0.2, 0.25) is 0 Å². The van der Waals surface area contributed by atoms with Gasteiger partial charge in [-0.05, 0) is 6.54 Å². The van der Waals surface area contributed by atoms with E-state index in [1.54, 1.807) is 7.05 Å². The second kappa shape index (κ2) is 6.72. The molecule has 0 aromatic carbocycles. The predicted molar refractivity (Wildman–Crippen MR) is 63.2 cm³/mol. The molecule has 1 heterocycles. The third-order valence-electron chi connectivity index (χ3n) is 2.40. The standard InChI is InChI=1S/C10H17N5O3/c1-3-15(6-9(16)12-2)5-7-4-8(14-18-7)10(17)13-11/h4H,3,5-6,11H2,1-2H3,(H,12,16)(H,13,17). The maximum absolute atomic E-state index is 11.3. The summed E-state index contributed by atoms with van der Waals surface area (Å²) in [6.07, 6.45) is 0. The fraction of sp³-hybridized carbons (Fsp3) is 0.500. The molecule has 18 heavy (non-hydrogen) atoms. The van der Waals surface area contributed by atoms with Gasteiger partial charge in [0.25, 0.3) is 5.91 Å². The fourth-order valence-electron chi connectivity index (χ4n) is 1.35. The average molecular weight is 255 g/mol. The van der Waals surface area contributed by atoms with Crippen molar-refractivity contribution in [1.82, 2.24) is 20.8 Å². The number of hydrazine groups is 1. The number of carbonyl (C=O) groups is 2. The molecule has 0 bridgehead atoms. The van der Waals surface area contributed by atoms with Gasteiger partial charge >= 0.3 is 0 Å². The fourth-order valence-corrected chi connectivity index (χ4v) is 1.35. The van der Waals surface area contributed by atoms with Crippen LogP contribution in [0.4, 0.5) is 0 Å². The minimum atomic E-state index is -0.514. The summed E-state index contributed by atoms with van der Waals surface area (Å²) >= 11 is 0. The molecule has 1 aromatic rings. The number of nitrogens with zero attached hydrogens (tertiary/aromatic N) is 2. The van der Waals surface area contributed by atoms with Crippen LogP contribution in [0.5, 0.6) is 0 Å². The van der Waals surface area contributed by atoms with Crippen molar-refractivity contribution in [3.05, 3.63) is 17.5 Å². The van der Waals surface area contributed by atoms with E-state index in [4.69, 9.17) is 10.4 Å². The number of hydrogen-bond acceptors (Lipinski definition) is 6. The Labute approximate surface area is 104 Å². The summed E-state index contributed by atoms with van der Waals surface area (Å²) in [6, 6.07) is 1.49. The van der Waals surface area contributed by atoms with Gasteiger partial charge in [0.05, 0.1) is 13.1 Å². The maximum Gasteiger partial charge on any atom is 0.287 e. The van der Waals surface area contributed by atoms with Gasteiger partial charge in [0, 0.05) is 13.1 Å². The molecular weight excluding hydrogens is 238 g/mol. The van der Waals surface area contributed by atoms with Crippen LogP contribution in [-0.4, -0.2) is 42.0 Å². The van der Waals surface area contributed by atoms with E-state index >= 15 is 0 Å². The Bertz CT molecular complexity index is 417. The molecule has 0 spiro atoms. The number of likely N-dealkylation sites (N-methyl/N-ethyl adjacent to an activating group) is 2. The number of nitrogen functional groups attached to an aromatic ring is 1. The summed E-state index contributed by atoms with van der Waals surface area (Å²) in [5, 5.41) is 6.12. The molecule has 1 aromatic heterocycles. The molecule has 0 aliphatic carbocycles. The Balaban J connectivity index is 2.62. The zero-order valence-corrected chi connectivity index (χ0v) is 10.4. The van der Waals surface area contributed by atoms with Crippen molar-refractivity contribution in [2.45, 2.75) is 13.5 Å². The Hall–Kier alpha value is -1.93. The van der Waals surface area contributed by atoms with Gasteiger partial charge in [-0.15, -0.1) is 0 Å². The van der Waals surface area contributed by atoms with Crippen molar-refractivity contribution in [3.63, 3.8) is 0 Å². The Morgan fingerprint density at radius 3 is 2.83 bits per heavy atom. The molecule has 0 aliphatic heterocycles. The van der Waals surface area contributed by atoms with Crippen molar-refractivity contribution in [3.8, 4) is 0 Å². The van der Waals surface area contributed by atoms with Crippen molar-refractivity contribution in [1.29, 1.82) is 0 Å². The average Bonchev–Trinajstić information content (AvgIpc) is 2.85. The van der Waals surface area contributed by atoms with Crippen LogP contribution in [-0.2, 0) is 11.3 Å². The van der Waals surface area contributed by atoms with Gasteiger partial charge in [0.2, 0.25) is 5.91 Å². The summed E-state index contributed by atoms with van der Waals surface area (Å²) in [4.78, 5) is 24.3. The number of nitrogens with two attached hydrogens (primary N) is 1. The molecule has 4 N–H and O–H groups in total. The monoisotopic (exact) mass is 255 g/mol. The first-order chi connectivity index (χ1) is 8.60. The Morgan fingerprint density at radius 1 is 1.56 bits per heavy atom. The topological polar surface area (TPSA) is 113 Å². The number of nitrogens with one attached hydrogen (secondary N) is 2. The molecule has 0 saturated heterocycles. The third-order valence-corrected chi connectivity index (χ3v) is 2.40. The molecule has 0 fully saturated rings. The number of aromatic nitrogens is 1. The molecule has 1 rings (SSSR count). The van der Waals surface area contributed by atoms with Crippen LogP contribution in [0.3, 0.4) is 0 Å². The molecule has 0 aliphatic rings. The van der Waals surface area contributed by atoms with Crippen LogP contribution in [0.1, 0.15) is 23.2 Å². The highest BCUT2D eigenvalue weighted by Gasteiger charge is 2.14. The van der Waals surface area contributed by atoms with Crippen LogP contribution in [0.15, 0.2) is 10.6 Å². The summed E-state index contributed by atoms with van der Waals surface area (Å²) in [6.45, 7) is 3.25.